The molecular weight excluding hydrogens is 273 g/mol. The largest absolute Gasteiger partial charge is 0.337 e. The second kappa shape index (κ2) is 5.42. The minimum atomic E-state index is -0.216. The highest BCUT2D eigenvalue weighted by atomic mass is 35.5. The molecule has 0 unspecified atom stereocenters. The number of carbonyl (C=O) groups excluding carboxylic acids is 1. The van der Waals surface area contributed by atoms with E-state index in [9.17, 15) is 4.79 Å². The molecular formula is C12H11Cl2N3O. The molecule has 1 aromatic heterocycles. The van der Waals surface area contributed by atoms with Crippen LogP contribution < -0.4 is 0 Å². The molecule has 0 atom stereocenters. The second-order valence-corrected chi connectivity index (χ2v) is 4.68. The Bertz CT molecular complexity index is 534. The molecule has 1 heterocycles. The zero-order valence-corrected chi connectivity index (χ0v) is 11.2. The van der Waals surface area contributed by atoms with Crippen molar-refractivity contribution in [1.29, 1.82) is 0 Å². The number of H-pyrrole nitrogens is 1. The predicted octanol–water partition coefficient (Wildman–Crippen LogP) is 2.99. The van der Waals surface area contributed by atoms with Crippen molar-refractivity contribution in [3.8, 4) is 0 Å². The maximum atomic E-state index is 12.2. The van der Waals surface area contributed by atoms with Crippen LogP contribution in [0.4, 0.5) is 0 Å². The van der Waals surface area contributed by atoms with Gasteiger partial charge in [0.1, 0.15) is 0 Å². The van der Waals surface area contributed by atoms with Crippen LogP contribution in [0, 0.1) is 0 Å². The van der Waals surface area contributed by atoms with Crippen LogP contribution in [0.1, 0.15) is 15.9 Å². The summed E-state index contributed by atoms with van der Waals surface area (Å²) >= 11 is 12.0. The first-order valence-electron chi connectivity index (χ1n) is 5.26. The Morgan fingerprint density at radius 1 is 1.39 bits per heavy atom. The summed E-state index contributed by atoms with van der Waals surface area (Å²) in [6.07, 6.45) is 3.40. The quantitative estimate of drug-likeness (QED) is 0.942. The van der Waals surface area contributed by atoms with Gasteiger partial charge in [0.15, 0.2) is 0 Å². The lowest BCUT2D eigenvalue weighted by Gasteiger charge is -2.17. The first kappa shape index (κ1) is 12.9. The molecule has 18 heavy (non-hydrogen) atoms. The van der Waals surface area contributed by atoms with Gasteiger partial charge in [-0.1, -0.05) is 29.3 Å². The minimum Gasteiger partial charge on any atom is -0.337 e. The Labute approximate surface area is 115 Å². The van der Waals surface area contributed by atoms with Crippen molar-refractivity contribution >= 4 is 29.1 Å². The zero-order chi connectivity index (χ0) is 13.1. The van der Waals surface area contributed by atoms with Crippen LogP contribution in [0.15, 0.2) is 30.6 Å². The van der Waals surface area contributed by atoms with Crippen LogP contribution in [0.3, 0.4) is 0 Å². The summed E-state index contributed by atoms with van der Waals surface area (Å²) < 4.78 is 0. The van der Waals surface area contributed by atoms with Gasteiger partial charge in [-0.2, -0.15) is 5.10 Å². The molecule has 0 spiro atoms. The van der Waals surface area contributed by atoms with Gasteiger partial charge >= 0.3 is 0 Å². The van der Waals surface area contributed by atoms with Gasteiger partial charge < -0.3 is 4.90 Å². The van der Waals surface area contributed by atoms with E-state index in [0.717, 1.165) is 5.56 Å². The molecule has 6 heteroatoms. The topological polar surface area (TPSA) is 49.0 Å². The number of hydrogen-bond donors (Lipinski definition) is 1. The molecule has 0 bridgehead atoms. The predicted molar refractivity (Wildman–Crippen MR) is 70.8 cm³/mol. The monoisotopic (exact) mass is 283 g/mol. The average molecular weight is 284 g/mol. The standard InChI is InChI=1S/C12H11Cl2N3O/c1-17(7-8-5-15-16-6-8)12(18)11-9(13)3-2-4-10(11)14/h2-6H,7H2,1H3,(H,15,16). The normalized spacial score (nSPS) is 10.4. The number of nitrogens with zero attached hydrogens (tertiary/aromatic N) is 2. The highest BCUT2D eigenvalue weighted by Gasteiger charge is 2.18. The Morgan fingerprint density at radius 2 is 2.06 bits per heavy atom. The van der Waals surface area contributed by atoms with Crippen molar-refractivity contribution in [1.82, 2.24) is 15.1 Å². The number of halogens is 2. The Morgan fingerprint density at radius 3 is 2.61 bits per heavy atom. The fourth-order valence-electron chi connectivity index (χ4n) is 1.60. The van der Waals surface area contributed by atoms with Crippen molar-refractivity contribution in [2.24, 2.45) is 0 Å². The third-order valence-electron chi connectivity index (χ3n) is 2.50. The lowest BCUT2D eigenvalue weighted by molar-refractivity contribution is 0.0785. The third-order valence-corrected chi connectivity index (χ3v) is 3.13. The maximum Gasteiger partial charge on any atom is 0.256 e. The first-order chi connectivity index (χ1) is 8.59. The summed E-state index contributed by atoms with van der Waals surface area (Å²) in [5, 5.41) is 7.23. The van der Waals surface area contributed by atoms with Gasteiger partial charge in [0, 0.05) is 25.4 Å². The minimum absolute atomic E-state index is 0.216. The van der Waals surface area contributed by atoms with Crippen molar-refractivity contribution in [3.63, 3.8) is 0 Å². The number of nitrogens with one attached hydrogen (secondary N) is 1. The average Bonchev–Trinajstić information content (AvgIpc) is 2.81. The number of rotatable bonds is 3. The smallest absolute Gasteiger partial charge is 0.256 e. The second-order valence-electron chi connectivity index (χ2n) is 3.86. The van der Waals surface area contributed by atoms with E-state index in [0.29, 0.717) is 22.2 Å². The summed E-state index contributed by atoms with van der Waals surface area (Å²) in [7, 11) is 1.69. The van der Waals surface area contributed by atoms with Crippen LogP contribution in [0.25, 0.3) is 0 Å². The lowest BCUT2D eigenvalue weighted by atomic mass is 10.2. The SMILES string of the molecule is CN(Cc1cn[nH]c1)C(=O)c1c(Cl)cccc1Cl. The fourth-order valence-corrected chi connectivity index (χ4v) is 2.16. The van der Waals surface area contributed by atoms with Gasteiger partial charge in [0.25, 0.3) is 5.91 Å². The number of aromatic nitrogens is 2. The number of hydrogen-bond acceptors (Lipinski definition) is 2. The van der Waals surface area contributed by atoms with E-state index in [2.05, 4.69) is 10.2 Å². The Hall–Kier alpha value is -1.52. The van der Waals surface area contributed by atoms with Crippen molar-refractivity contribution in [2.45, 2.75) is 6.54 Å². The van der Waals surface area contributed by atoms with Gasteiger partial charge in [0.05, 0.1) is 21.8 Å². The molecule has 1 aromatic carbocycles. The molecule has 0 saturated carbocycles. The molecule has 0 aliphatic rings. The summed E-state index contributed by atoms with van der Waals surface area (Å²) in [6.45, 7) is 0.441. The van der Waals surface area contributed by atoms with Gasteiger partial charge in [0.2, 0.25) is 0 Å². The highest BCUT2D eigenvalue weighted by Crippen LogP contribution is 2.25. The van der Waals surface area contributed by atoms with Crippen LogP contribution in [-0.2, 0) is 6.54 Å². The molecule has 1 amide bonds. The van der Waals surface area contributed by atoms with Crippen molar-refractivity contribution < 1.29 is 4.79 Å². The fraction of sp³-hybridized carbons (Fsp3) is 0.167. The number of amides is 1. The van der Waals surface area contributed by atoms with Gasteiger partial charge in [-0.3, -0.25) is 9.89 Å². The van der Waals surface area contributed by atoms with Crippen LogP contribution >= 0.6 is 23.2 Å². The third kappa shape index (κ3) is 2.66. The molecule has 2 aromatic rings. The van der Waals surface area contributed by atoms with E-state index in [-0.39, 0.29) is 5.91 Å². The van der Waals surface area contributed by atoms with E-state index in [4.69, 9.17) is 23.2 Å². The van der Waals surface area contributed by atoms with E-state index >= 15 is 0 Å². The molecule has 1 N–H and O–H groups in total. The molecule has 94 valence electrons. The van der Waals surface area contributed by atoms with Crippen molar-refractivity contribution in [2.75, 3.05) is 7.05 Å². The van der Waals surface area contributed by atoms with Gasteiger partial charge in [-0.05, 0) is 12.1 Å². The number of benzene rings is 1. The maximum absolute atomic E-state index is 12.2. The highest BCUT2D eigenvalue weighted by molar-refractivity contribution is 6.39. The first-order valence-corrected chi connectivity index (χ1v) is 6.02. The zero-order valence-electron chi connectivity index (χ0n) is 9.65. The molecule has 0 aliphatic carbocycles. The van der Waals surface area contributed by atoms with Crippen LogP contribution in [0.5, 0.6) is 0 Å². The summed E-state index contributed by atoms with van der Waals surface area (Å²) in [5.41, 5.74) is 1.24. The van der Waals surface area contributed by atoms with E-state index in [1.54, 1.807) is 37.6 Å². The molecule has 0 saturated heterocycles. The van der Waals surface area contributed by atoms with Gasteiger partial charge in [-0.25, -0.2) is 0 Å². The molecule has 4 nitrogen and oxygen atoms in total. The number of carbonyl (C=O) groups is 1. The van der Waals surface area contributed by atoms with Gasteiger partial charge in [-0.15, -0.1) is 0 Å². The van der Waals surface area contributed by atoms with Crippen LogP contribution in [0.2, 0.25) is 10.0 Å². The van der Waals surface area contributed by atoms with E-state index in [1.807, 2.05) is 0 Å². The lowest BCUT2D eigenvalue weighted by Crippen LogP contribution is -2.26. The molecule has 2 rings (SSSR count). The molecule has 0 fully saturated rings. The Balaban J connectivity index is 2.21. The summed E-state index contributed by atoms with van der Waals surface area (Å²) in [5.74, 6) is -0.216. The van der Waals surface area contributed by atoms with E-state index in [1.165, 1.54) is 4.90 Å². The molecule has 0 radical (unpaired) electrons. The number of aromatic amines is 1. The van der Waals surface area contributed by atoms with Crippen molar-refractivity contribution in [3.05, 3.63) is 51.8 Å². The van der Waals surface area contributed by atoms with E-state index < -0.39 is 0 Å². The molecule has 0 aliphatic heterocycles. The summed E-state index contributed by atoms with van der Waals surface area (Å²) in [4.78, 5) is 13.8. The van der Waals surface area contributed by atoms with Crippen LogP contribution in [-0.4, -0.2) is 28.1 Å². The Kier molecular flexibility index (Phi) is 3.89. The summed E-state index contributed by atoms with van der Waals surface area (Å²) in [6, 6.07) is 5.00.